The number of hydrogen-bond donors (Lipinski definition) is 2. The number of nitrogens with one attached hydrogen (secondary N) is 2. The van der Waals surface area contributed by atoms with Gasteiger partial charge in [0.2, 0.25) is 5.91 Å². The summed E-state index contributed by atoms with van der Waals surface area (Å²) in [5.74, 6) is 0.334. The Morgan fingerprint density at radius 1 is 1.03 bits per heavy atom. The number of benzene rings is 3. The molecule has 3 aromatic carbocycles. The summed E-state index contributed by atoms with van der Waals surface area (Å²) in [6, 6.07) is 13.2. The number of aromatic amines is 1. The lowest BCUT2D eigenvalue weighted by molar-refractivity contribution is -0.137. The number of ether oxygens (including phenoxy) is 1. The molecule has 0 spiro atoms. The van der Waals surface area contributed by atoms with Gasteiger partial charge >= 0.3 is 12.2 Å². The largest absolute Gasteiger partial charge is 0.488 e. The molecule has 1 fully saturated rings. The van der Waals surface area contributed by atoms with Crippen molar-refractivity contribution in [1.29, 1.82) is 0 Å². The number of aromatic nitrogens is 2. The predicted octanol–water partition coefficient (Wildman–Crippen LogP) is 6.58. The van der Waals surface area contributed by atoms with Crippen LogP contribution in [0.25, 0.3) is 22.4 Å². The molecule has 190 valence electrons. The molecule has 0 bridgehead atoms. The Balaban J connectivity index is 1.38. The van der Waals surface area contributed by atoms with Crippen LogP contribution in [-0.2, 0) is 17.6 Å². The van der Waals surface area contributed by atoms with Gasteiger partial charge in [-0.2, -0.15) is 13.2 Å². The normalized spacial score (nSPS) is 14.2. The van der Waals surface area contributed by atoms with Crippen LogP contribution in [0.15, 0.2) is 54.6 Å². The third-order valence-corrected chi connectivity index (χ3v) is 6.30. The molecule has 7 nitrogen and oxygen atoms in total. The monoisotopic (exact) mass is 548 g/mol. The first-order valence-corrected chi connectivity index (χ1v) is 11.7. The number of imidazole rings is 1. The lowest BCUT2D eigenvalue weighted by Crippen LogP contribution is -2.49. The Labute approximate surface area is 218 Å². The molecule has 1 aliphatic rings. The van der Waals surface area contributed by atoms with Crippen LogP contribution in [0.2, 0.25) is 10.0 Å². The third kappa shape index (κ3) is 5.21. The molecule has 12 heteroatoms. The van der Waals surface area contributed by atoms with Gasteiger partial charge in [-0.3, -0.25) is 15.0 Å². The van der Waals surface area contributed by atoms with Crippen molar-refractivity contribution in [3.8, 4) is 17.1 Å². The molecule has 1 saturated heterocycles. The third-order valence-electron chi connectivity index (χ3n) is 5.77. The maximum absolute atomic E-state index is 13.2. The summed E-state index contributed by atoms with van der Waals surface area (Å²) < 4.78 is 45.6. The van der Waals surface area contributed by atoms with Gasteiger partial charge in [-0.1, -0.05) is 35.3 Å². The van der Waals surface area contributed by atoms with Crippen LogP contribution in [-0.4, -0.2) is 28.5 Å². The van der Waals surface area contributed by atoms with Gasteiger partial charge in [0.25, 0.3) is 0 Å². The number of carbonyl (C=O) groups is 2. The van der Waals surface area contributed by atoms with Crippen LogP contribution in [0.4, 0.5) is 23.7 Å². The zero-order chi connectivity index (χ0) is 26.3. The predicted molar refractivity (Wildman–Crippen MR) is 133 cm³/mol. The number of halogens is 5. The number of alkyl halides is 3. The van der Waals surface area contributed by atoms with E-state index in [9.17, 15) is 22.8 Å². The number of nitrogens with zero attached hydrogens (tertiary/aromatic N) is 2. The van der Waals surface area contributed by atoms with Crippen molar-refractivity contribution < 1.29 is 27.5 Å². The van der Waals surface area contributed by atoms with E-state index < -0.39 is 17.8 Å². The molecule has 0 saturated carbocycles. The minimum Gasteiger partial charge on any atom is -0.488 e. The van der Waals surface area contributed by atoms with E-state index in [1.54, 1.807) is 42.5 Å². The van der Waals surface area contributed by atoms with E-state index in [2.05, 4.69) is 15.3 Å². The number of rotatable bonds is 5. The molecule has 2 heterocycles. The standard InChI is InChI=1S/C25H17Cl2F3N4O3/c26-15-3-6-20(37-12-13-1-4-16(5-2-13)34-8-7-21(35)32-24(34)36)17(11-15)23-31-19-10-14(25(28,29)30)9-18(27)22(19)33-23/h1-6,9-11H,7-8,12H2,(H,31,33)(H,32,35,36). The smallest absolute Gasteiger partial charge is 0.416 e. The van der Waals surface area contributed by atoms with Crippen LogP contribution >= 0.6 is 23.2 Å². The summed E-state index contributed by atoms with van der Waals surface area (Å²) in [5.41, 5.74) is 1.29. The summed E-state index contributed by atoms with van der Waals surface area (Å²) in [7, 11) is 0. The fourth-order valence-electron chi connectivity index (χ4n) is 3.92. The van der Waals surface area contributed by atoms with E-state index in [0.29, 0.717) is 28.6 Å². The van der Waals surface area contributed by atoms with Crippen LogP contribution < -0.4 is 15.0 Å². The number of hydrogen-bond acceptors (Lipinski definition) is 4. The number of fused-ring (bicyclic) bond motifs is 1. The van der Waals surface area contributed by atoms with Crippen LogP contribution in [0.3, 0.4) is 0 Å². The summed E-state index contributed by atoms with van der Waals surface area (Å²) in [6.45, 7) is 0.444. The molecule has 0 atom stereocenters. The van der Waals surface area contributed by atoms with E-state index in [1.165, 1.54) is 4.90 Å². The van der Waals surface area contributed by atoms with Crippen molar-refractivity contribution in [1.82, 2.24) is 15.3 Å². The van der Waals surface area contributed by atoms with E-state index >= 15 is 0 Å². The number of anilines is 1. The number of urea groups is 1. The fraction of sp³-hybridized carbons (Fsp3) is 0.160. The summed E-state index contributed by atoms with van der Waals surface area (Å²) >= 11 is 12.3. The molecule has 3 amide bonds. The van der Waals surface area contributed by atoms with E-state index in [4.69, 9.17) is 27.9 Å². The molecular formula is C25H17Cl2F3N4O3. The second kappa shape index (κ2) is 9.60. The molecular weight excluding hydrogens is 532 g/mol. The summed E-state index contributed by atoms with van der Waals surface area (Å²) in [5, 5.41) is 2.55. The van der Waals surface area contributed by atoms with Gasteiger partial charge in [0.1, 0.15) is 18.2 Å². The first-order chi connectivity index (χ1) is 17.6. The SMILES string of the molecule is O=C1CCN(c2ccc(COc3ccc(Cl)cc3-c3nc4cc(C(F)(F)F)cc(Cl)c4[nH]3)cc2)C(=O)N1. The Morgan fingerprint density at radius 3 is 2.49 bits per heavy atom. The van der Waals surface area contributed by atoms with Gasteiger partial charge in [-0.15, -0.1) is 0 Å². The summed E-state index contributed by atoms with van der Waals surface area (Å²) in [4.78, 5) is 32.1. The lowest BCUT2D eigenvalue weighted by Gasteiger charge is -2.26. The molecule has 1 aromatic heterocycles. The molecule has 1 aliphatic heterocycles. The van der Waals surface area contributed by atoms with Crippen LogP contribution in [0.5, 0.6) is 5.75 Å². The van der Waals surface area contributed by atoms with Crippen molar-refractivity contribution in [2.45, 2.75) is 19.2 Å². The number of amides is 3. The highest BCUT2D eigenvalue weighted by molar-refractivity contribution is 6.35. The molecule has 0 unspecified atom stereocenters. The molecule has 5 rings (SSSR count). The molecule has 0 radical (unpaired) electrons. The number of H-pyrrole nitrogens is 1. The molecule has 0 aliphatic carbocycles. The minimum atomic E-state index is -4.56. The second-order valence-electron chi connectivity index (χ2n) is 8.29. The van der Waals surface area contributed by atoms with Gasteiger partial charge in [0.05, 0.1) is 27.2 Å². The van der Waals surface area contributed by atoms with Crippen molar-refractivity contribution in [3.05, 3.63) is 75.8 Å². The topological polar surface area (TPSA) is 87.3 Å². The Bertz CT molecular complexity index is 1520. The average molecular weight is 549 g/mol. The second-order valence-corrected chi connectivity index (χ2v) is 9.13. The van der Waals surface area contributed by atoms with Crippen LogP contribution in [0, 0.1) is 0 Å². The highest BCUT2D eigenvalue weighted by Crippen LogP contribution is 2.37. The van der Waals surface area contributed by atoms with Crippen molar-refractivity contribution >= 4 is 51.9 Å². The fourth-order valence-corrected chi connectivity index (χ4v) is 4.35. The lowest BCUT2D eigenvalue weighted by atomic mass is 10.1. The van der Waals surface area contributed by atoms with Gasteiger partial charge in [0.15, 0.2) is 0 Å². The Hall–Kier alpha value is -3.76. The van der Waals surface area contributed by atoms with E-state index in [-0.39, 0.29) is 40.8 Å². The van der Waals surface area contributed by atoms with Gasteiger partial charge < -0.3 is 9.72 Å². The van der Waals surface area contributed by atoms with Gasteiger partial charge in [-0.25, -0.2) is 9.78 Å². The first-order valence-electron chi connectivity index (χ1n) is 11.0. The van der Waals surface area contributed by atoms with Crippen molar-refractivity contribution in [3.63, 3.8) is 0 Å². The maximum Gasteiger partial charge on any atom is 0.416 e. The Kier molecular flexibility index (Phi) is 6.47. The highest BCUT2D eigenvalue weighted by atomic mass is 35.5. The Morgan fingerprint density at radius 2 is 1.78 bits per heavy atom. The molecule has 4 aromatic rings. The highest BCUT2D eigenvalue weighted by Gasteiger charge is 2.32. The molecule has 2 N–H and O–H groups in total. The van der Waals surface area contributed by atoms with Crippen molar-refractivity contribution in [2.75, 3.05) is 11.4 Å². The zero-order valence-corrected chi connectivity index (χ0v) is 20.3. The first kappa shape index (κ1) is 24.9. The van der Waals surface area contributed by atoms with Crippen LogP contribution in [0.1, 0.15) is 17.5 Å². The number of imide groups is 1. The van der Waals surface area contributed by atoms with Gasteiger partial charge in [0, 0.05) is 23.7 Å². The van der Waals surface area contributed by atoms with Gasteiger partial charge in [-0.05, 0) is 48.0 Å². The van der Waals surface area contributed by atoms with E-state index in [0.717, 1.165) is 17.7 Å². The van der Waals surface area contributed by atoms with Crippen molar-refractivity contribution in [2.24, 2.45) is 0 Å². The summed E-state index contributed by atoms with van der Waals surface area (Å²) in [6.07, 6.45) is -4.34. The maximum atomic E-state index is 13.2. The number of carbonyl (C=O) groups excluding carboxylic acids is 2. The molecule has 37 heavy (non-hydrogen) atoms. The zero-order valence-electron chi connectivity index (χ0n) is 18.8. The van der Waals surface area contributed by atoms with E-state index in [1.807, 2.05) is 0 Å². The minimum absolute atomic E-state index is 0.0554. The average Bonchev–Trinajstić information content (AvgIpc) is 3.28. The quantitative estimate of drug-likeness (QED) is 0.295.